The Bertz CT molecular complexity index is 720. The maximum atomic E-state index is 6.19. The van der Waals surface area contributed by atoms with Crippen molar-refractivity contribution in [2.24, 2.45) is 0 Å². The number of benzene rings is 2. The summed E-state index contributed by atoms with van der Waals surface area (Å²) >= 11 is 12.3. The first kappa shape index (κ1) is 13.3. The number of para-hydroxylation sites is 1. The van der Waals surface area contributed by atoms with Crippen LogP contribution >= 0.6 is 23.2 Å². The van der Waals surface area contributed by atoms with E-state index in [-0.39, 0.29) is 0 Å². The topological polar surface area (TPSA) is 17.0 Å². The third-order valence-electron chi connectivity index (χ3n) is 3.26. The fourth-order valence-corrected chi connectivity index (χ4v) is 2.84. The number of hydrogen-bond donors (Lipinski definition) is 1. The highest BCUT2D eigenvalue weighted by Crippen LogP contribution is 2.28. The van der Waals surface area contributed by atoms with Gasteiger partial charge in [-0.2, -0.15) is 0 Å². The number of fused-ring (bicyclic) bond motifs is 1. The minimum absolute atomic E-state index is 0.665. The first-order valence-electron chi connectivity index (χ1n) is 6.47. The zero-order valence-corrected chi connectivity index (χ0v) is 12.3. The SMILES string of the molecule is Clc1cc(Cl)c2ccn(CCNc3ccccc3)c2c1. The van der Waals surface area contributed by atoms with Crippen LogP contribution in [-0.2, 0) is 6.54 Å². The maximum Gasteiger partial charge on any atom is 0.0514 e. The highest BCUT2D eigenvalue weighted by atomic mass is 35.5. The lowest BCUT2D eigenvalue weighted by Gasteiger charge is -2.09. The minimum Gasteiger partial charge on any atom is -0.383 e. The van der Waals surface area contributed by atoms with Gasteiger partial charge in [0.2, 0.25) is 0 Å². The fraction of sp³-hybridized carbons (Fsp3) is 0.125. The van der Waals surface area contributed by atoms with Crippen LogP contribution in [0.5, 0.6) is 0 Å². The molecule has 20 heavy (non-hydrogen) atoms. The van der Waals surface area contributed by atoms with Crippen molar-refractivity contribution < 1.29 is 0 Å². The second-order valence-corrected chi connectivity index (χ2v) is 5.47. The van der Waals surface area contributed by atoms with Crippen molar-refractivity contribution in [3.63, 3.8) is 0 Å². The van der Waals surface area contributed by atoms with Crippen LogP contribution in [0.2, 0.25) is 10.0 Å². The Hall–Kier alpha value is -1.64. The standard InChI is InChI=1S/C16H14Cl2N2/c17-12-10-15(18)14-6-8-20(16(14)11-12)9-7-19-13-4-2-1-3-5-13/h1-6,8,10-11,19H,7,9H2. The zero-order chi connectivity index (χ0) is 13.9. The van der Waals surface area contributed by atoms with Gasteiger partial charge in [0.1, 0.15) is 0 Å². The van der Waals surface area contributed by atoms with Crippen LogP contribution in [0.15, 0.2) is 54.7 Å². The van der Waals surface area contributed by atoms with Gasteiger partial charge >= 0.3 is 0 Å². The number of rotatable bonds is 4. The van der Waals surface area contributed by atoms with E-state index in [4.69, 9.17) is 23.2 Å². The third kappa shape index (κ3) is 2.77. The summed E-state index contributed by atoms with van der Waals surface area (Å²) in [6.45, 7) is 1.70. The van der Waals surface area contributed by atoms with Gasteiger partial charge in [0, 0.05) is 35.4 Å². The van der Waals surface area contributed by atoms with E-state index in [1.165, 1.54) is 0 Å². The molecule has 0 spiro atoms. The lowest BCUT2D eigenvalue weighted by Crippen LogP contribution is -2.09. The average molecular weight is 305 g/mol. The van der Waals surface area contributed by atoms with Crippen molar-refractivity contribution in [1.82, 2.24) is 4.57 Å². The van der Waals surface area contributed by atoms with Gasteiger partial charge in [-0.05, 0) is 30.3 Å². The summed E-state index contributed by atoms with van der Waals surface area (Å²) in [4.78, 5) is 0. The Kier molecular flexibility index (Phi) is 3.86. The molecule has 0 saturated carbocycles. The van der Waals surface area contributed by atoms with Crippen LogP contribution in [0.4, 0.5) is 5.69 Å². The number of anilines is 1. The average Bonchev–Trinajstić information content (AvgIpc) is 2.83. The number of nitrogens with one attached hydrogen (secondary N) is 1. The van der Waals surface area contributed by atoms with Crippen LogP contribution in [0.3, 0.4) is 0 Å². The first-order valence-corrected chi connectivity index (χ1v) is 7.22. The summed E-state index contributed by atoms with van der Waals surface area (Å²) in [6, 6.07) is 15.9. The highest BCUT2D eigenvalue weighted by molar-refractivity contribution is 6.38. The maximum absolute atomic E-state index is 6.19. The Labute approximate surface area is 127 Å². The molecule has 102 valence electrons. The summed E-state index contributed by atoms with van der Waals surface area (Å²) < 4.78 is 2.16. The molecule has 1 heterocycles. The van der Waals surface area contributed by atoms with E-state index in [1.54, 1.807) is 6.07 Å². The molecule has 0 amide bonds. The van der Waals surface area contributed by atoms with Crippen molar-refractivity contribution in [1.29, 1.82) is 0 Å². The van der Waals surface area contributed by atoms with Gasteiger partial charge in [-0.3, -0.25) is 0 Å². The van der Waals surface area contributed by atoms with Crippen molar-refractivity contribution in [2.45, 2.75) is 6.54 Å². The molecule has 0 aliphatic heterocycles. The minimum atomic E-state index is 0.665. The Morgan fingerprint density at radius 1 is 1.00 bits per heavy atom. The van der Waals surface area contributed by atoms with E-state index >= 15 is 0 Å². The third-order valence-corrected chi connectivity index (χ3v) is 3.79. The molecular formula is C16H14Cl2N2. The van der Waals surface area contributed by atoms with Gasteiger partial charge in [0.15, 0.2) is 0 Å². The van der Waals surface area contributed by atoms with Crippen LogP contribution in [-0.4, -0.2) is 11.1 Å². The normalized spacial score (nSPS) is 10.9. The molecule has 0 radical (unpaired) electrons. The molecule has 4 heteroatoms. The summed E-state index contributed by atoms with van der Waals surface area (Å²) in [5, 5.41) is 5.79. The van der Waals surface area contributed by atoms with E-state index in [9.17, 15) is 0 Å². The largest absolute Gasteiger partial charge is 0.383 e. The molecule has 2 nitrogen and oxygen atoms in total. The molecule has 1 N–H and O–H groups in total. The van der Waals surface area contributed by atoms with Crippen LogP contribution in [0.25, 0.3) is 10.9 Å². The van der Waals surface area contributed by atoms with E-state index in [0.717, 1.165) is 29.7 Å². The number of hydrogen-bond acceptors (Lipinski definition) is 1. The quantitative estimate of drug-likeness (QED) is 0.713. The Morgan fingerprint density at radius 3 is 2.60 bits per heavy atom. The zero-order valence-electron chi connectivity index (χ0n) is 10.8. The van der Waals surface area contributed by atoms with Crippen LogP contribution < -0.4 is 5.32 Å². The molecule has 0 atom stereocenters. The van der Waals surface area contributed by atoms with Gasteiger partial charge in [0.05, 0.1) is 10.5 Å². The molecule has 0 bridgehead atoms. The Morgan fingerprint density at radius 2 is 1.80 bits per heavy atom. The van der Waals surface area contributed by atoms with Crippen LogP contribution in [0.1, 0.15) is 0 Å². The first-order chi connectivity index (χ1) is 9.74. The molecule has 0 aliphatic carbocycles. The Balaban J connectivity index is 1.75. The molecular weight excluding hydrogens is 291 g/mol. The lowest BCUT2D eigenvalue weighted by atomic mass is 10.2. The van der Waals surface area contributed by atoms with Gasteiger partial charge in [-0.1, -0.05) is 41.4 Å². The van der Waals surface area contributed by atoms with Crippen molar-refractivity contribution in [3.05, 3.63) is 64.8 Å². The van der Waals surface area contributed by atoms with Gasteiger partial charge in [-0.15, -0.1) is 0 Å². The van der Waals surface area contributed by atoms with Crippen molar-refractivity contribution >= 4 is 39.8 Å². The monoisotopic (exact) mass is 304 g/mol. The molecule has 1 aromatic heterocycles. The molecule has 3 rings (SSSR count). The van der Waals surface area contributed by atoms with E-state index in [1.807, 2.05) is 36.5 Å². The van der Waals surface area contributed by atoms with Crippen LogP contribution in [0, 0.1) is 0 Å². The smallest absolute Gasteiger partial charge is 0.0514 e. The van der Waals surface area contributed by atoms with Crippen molar-refractivity contribution in [2.75, 3.05) is 11.9 Å². The molecule has 3 aromatic rings. The summed E-state index contributed by atoms with van der Waals surface area (Å²) in [7, 11) is 0. The second-order valence-electron chi connectivity index (χ2n) is 4.62. The molecule has 0 aliphatic rings. The van der Waals surface area contributed by atoms with Gasteiger partial charge < -0.3 is 9.88 Å². The molecule has 2 aromatic carbocycles. The molecule has 0 fully saturated rings. The van der Waals surface area contributed by atoms with Crippen molar-refractivity contribution in [3.8, 4) is 0 Å². The number of halogens is 2. The summed E-state index contributed by atoms with van der Waals surface area (Å²) in [6.07, 6.45) is 2.04. The number of aromatic nitrogens is 1. The fourth-order valence-electron chi connectivity index (χ4n) is 2.29. The van der Waals surface area contributed by atoms with E-state index < -0.39 is 0 Å². The number of nitrogens with zero attached hydrogens (tertiary/aromatic N) is 1. The molecule has 0 unspecified atom stereocenters. The predicted molar refractivity (Wildman–Crippen MR) is 86.9 cm³/mol. The predicted octanol–water partition coefficient (Wildman–Crippen LogP) is 5.06. The lowest BCUT2D eigenvalue weighted by molar-refractivity contribution is 0.757. The van der Waals surface area contributed by atoms with Gasteiger partial charge in [0.25, 0.3) is 0 Å². The van der Waals surface area contributed by atoms with E-state index in [0.29, 0.717) is 10.0 Å². The second kappa shape index (κ2) is 5.78. The summed E-state index contributed by atoms with van der Waals surface area (Å²) in [5.41, 5.74) is 2.19. The highest BCUT2D eigenvalue weighted by Gasteiger charge is 2.06. The molecule has 0 saturated heterocycles. The van der Waals surface area contributed by atoms with Gasteiger partial charge in [-0.25, -0.2) is 0 Å². The van der Waals surface area contributed by atoms with E-state index in [2.05, 4.69) is 22.0 Å². The summed E-state index contributed by atoms with van der Waals surface area (Å²) in [5.74, 6) is 0.